The molecule has 1 amide bonds. The fraction of sp³-hybridized carbons (Fsp3) is 0.857. The van der Waals surface area contributed by atoms with Crippen LogP contribution in [0, 0.1) is 0 Å². The molecule has 1 unspecified atom stereocenters. The van der Waals surface area contributed by atoms with E-state index in [4.69, 9.17) is 5.73 Å². The van der Waals surface area contributed by atoms with E-state index >= 15 is 0 Å². The lowest BCUT2D eigenvalue weighted by molar-refractivity contribution is -0.123. The first kappa shape index (κ1) is 7.54. The van der Waals surface area contributed by atoms with Gasteiger partial charge in [-0.05, 0) is 27.2 Å². The monoisotopic (exact) mass is 142 g/mol. The molecule has 1 rings (SSSR count). The second-order valence-electron chi connectivity index (χ2n) is 3.93. The van der Waals surface area contributed by atoms with Crippen molar-refractivity contribution in [1.29, 1.82) is 0 Å². The predicted molar refractivity (Wildman–Crippen MR) is 39.4 cm³/mol. The van der Waals surface area contributed by atoms with E-state index in [0.717, 1.165) is 0 Å². The van der Waals surface area contributed by atoms with Gasteiger partial charge in [0, 0.05) is 5.54 Å². The highest BCUT2D eigenvalue weighted by Crippen LogP contribution is 2.25. The van der Waals surface area contributed by atoms with Crippen molar-refractivity contribution in [2.75, 3.05) is 0 Å². The van der Waals surface area contributed by atoms with Gasteiger partial charge in [0.25, 0.3) is 0 Å². The van der Waals surface area contributed by atoms with Crippen molar-refractivity contribution >= 4 is 5.91 Å². The Morgan fingerprint density at radius 1 is 1.50 bits per heavy atom. The van der Waals surface area contributed by atoms with E-state index in [1.54, 1.807) is 6.92 Å². The Balaban J connectivity index is 2.81. The van der Waals surface area contributed by atoms with Crippen molar-refractivity contribution < 1.29 is 4.79 Å². The number of nitrogens with one attached hydrogen (secondary N) is 1. The van der Waals surface area contributed by atoms with E-state index < -0.39 is 5.54 Å². The SMILES string of the molecule is CC1(C)CC(C)(N)C(=O)N1. The lowest BCUT2D eigenvalue weighted by atomic mass is 9.93. The Labute approximate surface area is 61.0 Å². The van der Waals surface area contributed by atoms with Crippen LogP contribution in [0.3, 0.4) is 0 Å². The van der Waals surface area contributed by atoms with E-state index in [0.29, 0.717) is 6.42 Å². The lowest BCUT2D eigenvalue weighted by Gasteiger charge is -2.17. The maximum atomic E-state index is 11.1. The number of hydrogen-bond acceptors (Lipinski definition) is 2. The molecule has 1 saturated heterocycles. The van der Waals surface area contributed by atoms with Crippen molar-refractivity contribution in [1.82, 2.24) is 5.32 Å². The molecule has 0 spiro atoms. The number of amides is 1. The fourth-order valence-electron chi connectivity index (χ4n) is 1.49. The first-order valence-corrected chi connectivity index (χ1v) is 3.45. The third kappa shape index (κ3) is 1.14. The molecular weight excluding hydrogens is 128 g/mol. The summed E-state index contributed by atoms with van der Waals surface area (Å²) in [7, 11) is 0. The first-order chi connectivity index (χ1) is 4.33. The molecule has 58 valence electrons. The molecule has 1 fully saturated rings. The van der Waals surface area contributed by atoms with Gasteiger partial charge in [0.05, 0.1) is 5.54 Å². The van der Waals surface area contributed by atoms with Crippen LogP contribution in [0.15, 0.2) is 0 Å². The second kappa shape index (κ2) is 1.72. The average Bonchev–Trinajstić information content (AvgIpc) is 1.73. The molecule has 0 aromatic carbocycles. The van der Waals surface area contributed by atoms with Gasteiger partial charge < -0.3 is 11.1 Å². The van der Waals surface area contributed by atoms with Gasteiger partial charge in [0.15, 0.2) is 0 Å². The quantitative estimate of drug-likeness (QED) is 0.500. The third-order valence-electron chi connectivity index (χ3n) is 1.78. The van der Waals surface area contributed by atoms with Crippen LogP contribution in [0.25, 0.3) is 0 Å². The van der Waals surface area contributed by atoms with Crippen LogP contribution in [0.2, 0.25) is 0 Å². The summed E-state index contributed by atoms with van der Waals surface area (Å²) in [6, 6.07) is 0. The number of rotatable bonds is 0. The summed E-state index contributed by atoms with van der Waals surface area (Å²) in [5.41, 5.74) is 4.90. The Hall–Kier alpha value is -0.570. The third-order valence-corrected chi connectivity index (χ3v) is 1.78. The van der Waals surface area contributed by atoms with Crippen molar-refractivity contribution in [3.8, 4) is 0 Å². The summed E-state index contributed by atoms with van der Waals surface area (Å²) < 4.78 is 0. The second-order valence-corrected chi connectivity index (χ2v) is 3.93. The molecule has 0 saturated carbocycles. The Morgan fingerprint density at radius 2 is 2.00 bits per heavy atom. The minimum atomic E-state index is -0.663. The minimum Gasteiger partial charge on any atom is -0.350 e. The molecule has 0 aromatic heterocycles. The van der Waals surface area contributed by atoms with Crippen LogP contribution in [-0.4, -0.2) is 17.0 Å². The Bertz CT molecular complexity index is 172. The van der Waals surface area contributed by atoms with Crippen molar-refractivity contribution in [2.45, 2.75) is 38.3 Å². The lowest BCUT2D eigenvalue weighted by Crippen LogP contribution is -2.43. The summed E-state index contributed by atoms with van der Waals surface area (Å²) in [6.07, 6.45) is 0.707. The zero-order chi connectivity index (χ0) is 7.99. The van der Waals surface area contributed by atoms with Gasteiger partial charge in [-0.2, -0.15) is 0 Å². The Kier molecular flexibility index (Phi) is 1.30. The molecule has 0 radical (unpaired) electrons. The number of carbonyl (C=O) groups is 1. The van der Waals surface area contributed by atoms with E-state index in [1.165, 1.54) is 0 Å². The number of hydrogen-bond donors (Lipinski definition) is 2. The minimum absolute atomic E-state index is 0.0440. The van der Waals surface area contributed by atoms with Gasteiger partial charge in [0.1, 0.15) is 0 Å². The molecule has 1 aliphatic heterocycles. The summed E-state index contributed by atoms with van der Waals surface area (Å²) in [4.78, 5) is 11.1. The van der Waals surface area contributed by atoms with Crippen molar-refractivity contribution in [3.05, 3.63) is 0 Å². The van der Waals surface area contributed by atoms with E-state index in [9.17, 15) is 4.79 Å². The number of nitrogens with two attached hydrogens (primary N) is 1. The molecule has 1 aliphatic rings. The topological polar surface area (TPSA) is 55.1 Å². The summed E-state index contributed by atoms with van der Waals surface area (Å²) in [6.45, 7) is 5.71. The molecule has 10 heavy (non-hydrogen) atoms. The van der Waals surface area contributed by atoms with Crippen LogP contribution in [-0.2, 0) is 4.79 Å². The molecule has 0 aliphatic carbocycles. The van der Waals surface area contributed by atoms with Crippen LogP contribution < -0.4 is 11.1 Å². The largest absolute Gasteiger partial charge is 0.350 e. The van der Waals surface area contributed by atoms with Crippen LogP contribution >= 0.6 is 0 Å². The van der Waals surface area contributed by atoms with Crippen molar-refractivity contribution in [3.63, 3.8) is 0 Å². The summed E-state index contributed by atoms with van der Waals surface area (Å²) >= 11 is 0. The van der Waals surface area contributed by atoms with Gasteiger partial charge in [-0.1, -0.05) is 0 Å². The average molecular weight is 142 g/mol. The van der Waals surface area contributed by atoms with Gasteiger partial charge in [-0.15, -0.1) is 0 Å². The van der Waals surface area contributed by atoms with Gasteiger partial charge in [-0.3, -0.25) is 4.79 Å². The maximum Gasteiger partial charge on any atom is 0.240 e. The van der Waals surface area contributed by atoms with Crippen LogP contribution in [0.5, 0.6) is 0 Å². The molecule has 3 nitrogen and oxygen atoms in total. The maximum absolute atomic E-state index is 11.1. The zero-order valence-electron chi connectivity index (χ0n) is 6.69. The van der Waals surface area contributed by atoms with Crippen LogP contribution in [0.4, 0.5) is 0 Å². The zero-order valence-corrected chi connectivity index (χ0v) is 6.69. The smallest absolute Gasteiger partial charge is 0.240 e. The van der Waals surface area contributed by atoms with E-state index in [2.05, 4.69) is 5.32 Å². The van der Waals surface area contributed by atoms with Gasteiger partial charge in [-0.25, -0.2) is 0 Å². The standard InChI is InChI=1S/C7H14N2O/c1-6(2)4-7(3,8)5(10)9-6/h4,8H2,1-3H3,(H,9,10). The molecule has 1 atom stereocenters. The highest BCUT2D eigenvalue weighted by Gasteiger charge is 2.43. The normalized spacial score (nSPS) is 37.8. The molecule has 0 aromatic rings. The fourth-order valence-corrected chi connectivity index (χ4v) is 1.49. The van der Waals surface area contributed by atoms with E-state index in [-0.39, 0.29) is 11.4 Å². The predicted octanol–water partition coefficient (Wildman–Crippen LogP) is 0.00230. The molecule has 1 heterocycles. The molecule has 3 heteroatoms. The molecule has 0 bridgehead atoms. The summed E-state index contributed by atoms with van der Waals surface area (Å²) in [5, 5.41) is 2.82. The van der Waals surface area contributed by atoms with Gasteiger partial charge >= 0.3 is 0 Å². The van der Waals surface area contributed by atoms with E-state index in [1.807, 2.05) is 13.8 Å². The number of carbonyl (C=O) groups excluding carboxylic acids is 1. The molecule has 3 N–H and O–H groups in total. The first-order valence-electron chi connectivity index (χ1n) is 3.45. The van der Waals surface area contributed by atoms with Crippen molar-refractivity contribution in [2.24, 2.45) is 5.73 Å². The van der Waals surface area contributed by atoms with Gasteiger partial charge in [0.2, 0.25) is 5.91 Å². The highest BCUT2D eigenvalue weighted by atomic mass is 16.2. The highest BCUT2D eigenvalue weighted by molar-refractivity contribution is 5.88. The molecular formula is C7H14N2O. The van der Waals surface area contributed by atoms with Crippen LogP contribution in [0.1, 0.15) is 27.2 Å². The Morgan fingerprint density at radius 3 is 2.10 bits per heavy atom. The summed E-state index contributed by atoms with van der Waals surface area (Å²) in [5.74, 6) is -0.0440.